The largest absolute Gasteiger partial charge is 0.465 e. The molecule has 3 aliphatic heterocycles. The number of fused-ring (bicyclic) bond motifs is 1. The third-order valence-corrected chi connectivity index (χ3v) is 19.8. The Kier molecular flexibility index (Phi) is 11.7. The lowest BCUT2D eigenvalue weighted by molar-refractivity contribution is -0.145. The Morgan fingerprint density at radius 1 is 0.833 bits per heavy atom. The third kappa shape index (κ3) is 10.1. The summed E-state index contributed by atoms with van der Waals surface area (Å²) in [7, 11) is 2.66. The van der Waals surface area contributed by atoms with Gasteiger partial charge in [-0.15, -0.1) is 0 Å². The molecule has 0 saturated carbocycles. The molecule has 0 N–H and O–H groups in total. The molecule has 1 saturated heterocycles. The molecule has 0 aromatic heterocycles. The summed E-state index contributed by atoms with van der Waals surface area (Å²) in [6.07, 6.45) is 28.4. The highest BCUT2D eigenvalue weighted by atomic mass is 32.4. The van der Waals surface area contributed by atoms with Crippen molar-refractivity contribution in [3.05, 3.63) is 24.3 Å². The number of hydrogen-bond acceptors (Lipinski definition) is 3. The molecular weight excluding hydrogens is 429 g/mol. The van der Waals surface area contributed by atoms with Crippen LogP contribution in [0.2, 0.25) is 0 Å². The topological polar surface area (TPSA) is 35.5 Å². The lowest BCUT2D eigenvalue weighted by Gasteiger charge is -2.17. The number of carbonyl (C=O) groups is 1. The average molecular weight is 471 g/mol. The van der Waals surface area contributed by atoms with Crippen LogP contribution in [0.15, 0.2) is 24.3 Å². The highest BCUT2D eigenvalue weighted by Crippen LogP contribution is 3.13. The summed E-state index contributed by atoms with van der Waals surface area (Å²) in [5.41, 5.74) is 0. The number of carbonyl (C=O) groups excluding carboxylic acids is 1. The van der Waals surface area contributed by atoms with Crippen molar-refractivity contribution in [3.63, 3.8) is 0 Å². The zero-order valence-corrected chi connectivity index (χ0v) is 21.4. The zero-order chi connectivity index (χ0) is 20.9. The van der Waals surface area contributed by atoms with Crippen LogP contribution in [0.5, 0.6) is 0 Å². The van der Waals surface area contributed by atoms with Crippen LogP contribution in [0.3, 0.4) is 0 Å². The van der Waals surface area contributed by atoms with E-state index in [1.54, 1.807) is 7.87 Å². The van der Waals surface area contributed by atoms with E-state index in [-0.39, 0.29) is 12.1 Å². The fourth-order valence-electron chi connectivity index (χ4n) is 4.00. The summed E-state index contributed by atoms with van der Waals surface area (Å²) in [5, 5.41) is 0.913. The third-order valence-electron chi connectivity index (χ3n) is 6.02. The fourth-order valence-corrected chi connectivity index (χ4v) is 16.2. The zero-order valence-electron chi connectivity index (χ0n) is 18.6. The summed E-state index contributed by atoms with van der Waals surface area (Å²) < 4.78 is 11.9. The minimum atomic E-state index is -0.958. The van der Waals surface area contributed by atoms with E-state index >= 15 is 0 Å². The van der Waals surface area contributed by atoms with E-state index in [0.717, 1.165) is 39.1 Å². The van der Waals surface area contributed by atoms with E-state index in [9.17, 15) is 4.79 Å². The van der Waals surface area contributed by atoms with E-state index < -0.39 is 6.46 Å². The minimum Gasteiger partial charge on any atom is -0.465 e. The molecule has 3 rings (SSSR count). The van der Waals surface area contributed by atoms with Crippen LogP contribution in [-0.4, -0.2) is 23.8 Å². The molecule has 3 heterocycles. The van der Waals surface area contributed by atoms with Gasteiger partial charge < -0.3 is 9.26 Å². The lowest BCUT2D eigenvalue weighted by atomic mass is 10.0. The molecule has 4 atom stereocenters. The van der Waals surface area contributed by atoms with E-state index in [2.05, 4.69) is 24.3 Å². The van der Waals surface area contributed by atoms with E-state index in [1.807, 2.05) is 0 Å². The van der Waals surface area contributed by atoms with Gasteiger partial charge >= 0.3 is 5.97 Å². The van der Waals surface area contributed by atoms with Crippen molar-refractivity contribution in [2.75, 3.05) is 6.61 Å². The first-order valence-corrected chi connectivity index (χ1v) is 17.7. The molecule has 3 nitrogen and oxygen atoms in total. The highest BCUT2D eigenvalue weighted by Gasteiger charge is 2.60. The van der Waals surface area contributed by atoms with Gasteiger partial charge in [0.2, 0.25) is 0 Å². The van der Waals surface area contributed by atoms with Gasteiger partial charge in [0.05, 0.1) is 30.7 Å². The Labute approximate surface area is 187 Å². The van der Waals surface area contributed by atoms with Crippen molar-refractivity contribution < 1.29 is 14.1 Å². The molecule has 0 radical (unpaired) electrons. The van der Waals surface area contributed by atoms with Crippen molar-refractivity contribution in [1.29, 1.82) is 0 Å². The van der Waals surface area contributed by atoms with Crippen LogP contribution in [-0.2, 0) is 14.1 Å². The van der Waals surface area contributed by atoms with Crippen molar-refractivity contribution in [2.24, 2.45) is 0 Å². The maximum absolute atomic E-state index is 12.3. The van der Waals surface area contributed by atoms with Gasteiger partial charge in [0, 0.05) is 0 Å². The Bertz CT molecular complexity index is 629. The lowest BCUT2D eigenvalue weighted by Crippen LogP contribution is -2.17. The Morgan fingerprint density at radius 3 is 2.00 bits per heavy atom. The van der Waals surface area contributed by atoms with E-state index in [0.29, 0.717) is 13.0 Å². The van der Waals surface area contributed by atoms with Crippen LogP contribution in [0.25, 0.3) is 0 Å². The van der Waals surface area contributed by atoms with Gasteiger partial charge in [0.1, 0.15) is 0 Å². The molecule has 3 unspecified atom stereocenters. The summed E-state index contributed by atoms with van der Waals surface area (Å²) in [4.78, 5) is 12.3. The Morgan fingerprint density at radius 2 is 1.37 bits per heavy atom. The van der Waals surface area contributed by atoms with Crippen molar-refractivity contribution in [1.82, 2.24) is 0 Å². The average Bonchev–Trinajstić information content (AvgIpc) is 3.58. The van der Waals surface area contributed by atoms with Gasteiger partial charge in [-0.2, -0.15) is 0 Å². The molecule has 0 aromatic rings. The van der Waals surface area contributed by atoms with Crippen molar-refractivity contribution in [3.8, 4) is 0 Å². The quantitative estimate of drug-likeness (QED) is 0.229. The monoisotopic (exact) mass is 470 g/mol. The molecule has 30 heavy (non-hydrogen) atoms. The first kappa shape index (κ1) is 24.7. The number of rotatable bonds is 2. The van der Waals surface area contributed by atoms with Gasteiger partial charge in [-0.05, 0) is 46.8 Å². The van der Waals surface area contributed by atoms with Gasteiger partial charge in [0.15, 0.2) is 0 Å². The van der Waals surface area contributed by atoms with Crippen LogP contribution >= 0.6 is 22.6 Å². The van der Waals surface area contributed by atoms with E-state index in [4.69, 9.17) is 9.26 Å². The number of hydrogen-bond donors (Lipinski definition) is 0. The molecular formula is C24H41O3P3. The smallest absolute Gasteiger partial charge is 0.308 e. The highest BCUT2D eigenvalue weighted by molar-refractivity contribution is 8.70. The molecule has 0 bridgehead atoms. The van der Waals surface area contributed by atoms with Gasteiger partial charge in [-0.3, -0.25) is 4.79 Å². The van der Waals surface area contributed by atoms with Crippen LogP contribution in [0.1, 0.15) is 103 Å². The maximum Gasteiger partial charge on any atom is 0.308 e. The van der Waals surface area contributed by atoms with Gasteiger partial charge in [-0.1, -0.05) is 90.0 Å². The van der Waals surface area contributed by atoms with Crippen molar-refractivity contribution >= 4 is 28.6 Å². The Balaban J connectivity index is 1.38. The number of esters is 1. The second kappa shape index (κ2) is 14.3. The second-order valence-electron chi connectivity index (χ2n) is 8.81. The second-order valence-corrected chi connectivity index (χ2v) is 20.1. The summed E-state index contributed by atoms with van der Waals surface area (Å²) in [6, 6.07) is 0. The number of cyclic esters (lactones) is 1. The van der Waals surface area contributed by atoms with Gasteiger partial charge in [-0.25, -0.2) is 0 Å². The first-order valence-electron chi connectivity index (χ1n) is 12.3. The minimum absolute atomic E-state index is 0.0655. The molecule has 0 aliphatic carbocycles. The molecule has 170 valence electrons. The van der Waals surface area contributed by atoms with E-state index in [1.165, 1.54) is 70.6 Å². The molecule has 0 amide bonds. The number of allylic oxidation sites excluding steroid dienone is 3. The van der Waals surface area contributed by atoms with Crippen LogP contribution in [0.4, 0.5) is 0 Å². The normalized spacial score (nSPS) is 36.3. The van der Waals surface area contributed by atoms with Crippen molar-refractivity contribution in [2.45, 2.75) is 114 Å². The maximum atomic E-state index is 12.3. The standard InChI is InChI=1S/C24H41O3P3/c25-23-21-22(27-30-24(28-30)29-30)19-17-15-13-11-9-7-5-3-1-2-4-6-8-10-12-14-16-18-20-26-23/h6,8,14,16,22,24,28H,1-5,7,9-13,15,17-21H2/b8-6+,16-14+/t22-,24?,30?/m1/s1. The molecule has 1 fully saturated rings. The van der Waals surface area contributed by atoms with Crippen LogP contribution in [0, 0.1) is 0 Å². The SMILES string of the molecule is O=C1C[C@H](OP23=PC2P3)CCCCCCCCCCCC/C=C/CC/C=C/CCO1. The predicted octanol–water partition coefficient (Wildman–Crippen LogP) is 8.98. The molecule has 0 aromatic carbocycles. The summed E-state index contributed by atoms with van der Waals surface area (Å²) in [6.45, 7) is -0.458. The van der Waals surface area contributed by atoms with Crippen LogP contribution < -0.4 is 0 Å². The molecule has 3 aliphatic rings. The summed E-state index contributed by atoms with van der Waals surface area (Å²) in [5.74, 6) is -0.0655. The fraction of sp³-hybridized carbons (Fsp3) is 0.792. The molecule has 0 spiro atoms. The number of ether oxygens (including phenoxy) is 1. The first-order chi connectivity index (χ1) is 14.8. The molecule has 6 heteroatoms. The Hall–Kier alpha value is 0.0700. The summed E-state index contributed by atoms with van der Waals surface area (Å²) >= 11 is 0. The van der Waals surface area contributed by atoms with Gasteiger partial charge in [0.25, 0.3) is 0 Å². The predicted molar refractivity (Wildman–Crippen MR) is 134 cm³/mol.